The van der Waals surface area contributed by atoms with E-state index >= 15 is 0 Å². The molecule has 0 aromatic carbocycles. The van der Waals surface area contributed by atoms with Gasteiger partial charge in [0.1, 0.15) is 0 Å². The molecular weight excluding hydrogens is 226 g/mol. The fourth-order valence-electron chi connectivity index (χ4n) is 2.23. The fourth-order valence-corrected chi connectivity index (χ4v) is 2.23. The Hall–Kier alpha value is -1.42. The number of hydrogen-bond acceptors (Lipinski definition) is 3. The molecule has 98 valence electrons. The van der Waals surface area contributed by atoms with E-state index in [1.165, 1.54) is 12.8 Å². The molecule has 1 unspecified atom stereocenters. The van der Waals surface area contributed by atoms with Gasteiger partial charge in [0.25, 0.3) is 0 Å². The van der Waals surface area contributed by atoms with Gasteiger partial charge in [0.15, 0.2) is 0 Å². The van der Waals surface area contributed by atoms with Crippen LogP contribution < -0.4 is 10.6 Å². The van der Waals surface area contributed by atoms with Crippen molar-refractivity contribution < 1.29 is 4.79 Å². The van der Waals surface area contributed by atoms with Crippen LogP contribution in [0.1, 0.15) is 25.0 Å². The van der Waals surface area contributed by atoms with Gasteiger partial charge >= 0.3 is 0 Å². The van der Waals surface area contributed by atoms with Crippen LogP contribution in [0.2, 0.25) is 0 Å². The molecule has 1 aromatic heterocycles. The first kappa shape index (κ1) is 13.0. The lowest BCUT2D eigenvalue weighted by molar-refractivity contribution is -0.121. The molecule has 2 heterocycles. The van der Waals surface area contributed by atoms with Crippen LogP contribution in [0.4, 0.5) is 0 Å². The van der Waals surface area contributed by atoms with Gasteiger partial charge < -0.3 is 10.6 Å². The number of hydrogen-bond donors (Lipinski definition) is 2. The Bertz CT molecular complexity index is 361. The monoisotopic (exact) mass is 247 g/mol. The van der Waals surface area contributed by atoms with Gasteiger partial charge in [0, 0.05) is 24.9 Å². The molecule has 4 nitrogen and oxygen atoms in total. The Morgan fingerprint density at radius 1 is 1.50 bits per heavy atom. The van der Waals surface area contributed by atoms with Crippen LogP contribution in [0.15, 0.2) is 24.4 Å². The number of rotatable bonds is 5. The second-order valence-electron chi connectivity index (χ2n) is 4.84. The average Bonchev–Trinajstić information content (AvgIpc) is 2.45. The van der Waals surface area contributed by atoms with Crippen LogP contribution in [0.5, 0.6) is 0 Å². The minimum Gasteiger partial charge on any atom is -0.356 e. The summed E-state index contributed by atoms with van der Waals surface area (Å²) in [6.45, 7) is 2.94. The summed E-state index contributed by atoms with van der Waals surface area (Å²) < 4.78 is 0. The van der Waals surface area contributed by atoms with Crippen molar-refractivity contribution in [2.75, 3.05) is 19.6 Å². The number of aromatic nitrogens is 1. The number of pyridine rings is 1. The van der Waals surface area contributed by atoms with Gasteiger partial charge in [-0.05, 0) is 50.4 Å². The van der Waals surface area contributed by atoms with E-state index in [1.807, 2.05) is 18.2 Å². The zero-order chi connectivity index (χ0) is 12.6. The van der Waals surface area contributed by atoms with Gasteiger partial charge in [-0.15, -0.1) is 0 Å². The normalized spacial score (nSPS) is 19.4. The van der Waals surface area contributed by atoms with Gasteiger partial charge in [-0.3, -0.25) is 9.78 Å². The van der Waals surface area contributed by atoms with Gasteiger partial charge in [0.05, 0.1) is 0 Å². The minimum absolute atomic E-state index is 0.131. The molecule has 1 atom stereocenters. The molecule has 1 saturated heterocycles. The van der Waals surface area contributed by atoms with E-state index in [4.69, 9.17) is 0 Å². The van der Waals surface area contributed by atoms with Crippen molar-refractivity contribution in [2.45, 2.75) is 25.7 Å². The third-order valence-electron chi connectivity index (χ3n) is 3.32. The third-order valence-corrected chi connectivity index (χ3v) is 3.32. The molecule has 1 amide bonds. The standard InChI is InChI=1S/C14H21N3O/c18-14(7-6-13-5-1-2-9-16-13)17-11-12-4-3-8-15-10-12/h1-2,5,9,12,15H,3-4,6-8,10-11H2,(H,17,18). The number of carbonyl (C=O) groups is 1. The number of carbonyl (C=O) groups excluding carboxylic acids is 1. The van der Waals surface area contributed by atoms with E-state index in [1.54, 1.807) is 6.20 Å². The lowest BCUT2D eigenvalue weighted by Crippen LogP contribution is -2.38. The van der Waals surface area contributed by atoms with Crippen molar-refractivity contribution in [2.24, 2.45) is 5.92 Å². The van der Waals surface area contributed by atoms with Crippen LogP contribution in [0, 0.1) is 5.92 Å². The van der Waals surface area contributed by atoms with Gasteiger partial charge in [-0.25, -0.2) is 0 Å². The summed E-state index contributed by atoms with van der Waals surface area (Å²) in [4.78, 5) is 15.9. The molecule has 18 heavy (non-hydrogen) atoms. The Balaban J connectivity index is 1.63. The van der Waals surface area contributed by atoms with Gasteiger partial charge in [-0.1, -0.05) is 6.07 Å². The van der Waals surface area contributed by atoms with Crippen molar-refractivity contribution in [1.29, 1.82) is 0 Å². The van der Waals surface area contributed by atoms with E-state index in [0.29, 0.717) is 12.3 Å². The van der Waals surface area contributed by atoms with Crippen LogP contribution in [-0.2, 0) is 11.2 Å². The van der Waals surface area contributed by atoms with Crippen molar-refractivity contribution in [3.8, 4) is 0 Å². The average molecular weight is 247 g/mol. The molecule has 2 rings (SSSR count). The van der Waals surface area contributed by atoms with Crippen LogP contribution in [0.25, 0.3) is 0 Å². The predicted molar refractivity (Wildman–Crippen MR) is 71.2 cm³/mol. The molecule has 1 aliphatic heterocycles. The number of amides is 1. The summed E-state index contributed by atoms with van der Waals surface area (Å²) in [6, 6.07) is 5.80. The highest BCUT2D eigenvalue weighted by Gasteiger charge is 2.13. The van der Waals surface area contributed by atoms with E-state index < -0.39 is 0 Å². The second kappa shape index (κ2) is 7.11. The van der Waals surface area contributed by atoms with E-state index in [2.05, 4.69) is 15.6 Å². The molecule has 1 aliphatic rings. The summed E-state index contributed by atoms with van der Waals surface area (Å²) in [5, 5.41) is 6.37. The Morgan fingerprint density at radius 2 is 2.44 bits per heavy atom. The summed E-state index contributed by atoms with van der Waals surface area (Å²) in [6.07, 6.45) is 5.44. The molecule has 0 saturated carbocycles. The minimum atomic E-state index is 0.131. The maximum atomic E-state index is 11.7. The summed E-state index contributed by atoms with van der Waals surface area (Å²) in [5.74, 6) is 0.726. The molecule has 1 aromatic rings. The quantitative estimate of drug-likeness (QED) is 0.820. The van der Waals surface area contributed by atoms with Crippen molar-refractivity contribution in [1.82, 2.24) is 15.6 Å². The van der Waals surface area contributed by atoms with Crippen LogP contribution in [-0.4, -0.2) is 30.5 Å². The largest absolute Gasteiger partial charge is 0.356 e. The molecule has 0 spiro atoms. The fraction of sp³-hybridized carbons (Fsp3) is 0.571. The van der Waals surface area contributed by atoms with Crippen LogP contribution >= 0.6 is 0 Å². The molecule has 2 N–H and O–H groups in total. The maximum absolute atomic E-state index is 11.7. The molecule has 0 aliphatic carbocycles. The number of piperidine rings is 1. The molecule has 4 heteroatoms. The lowest BCUT2D eigenvalue weighted by Gasteiger charge is -2.22. The van der Waals surface area contributed by atoms with Crippen molar-refractivity contribution in [3.05, 3.63) is 30.1 Å². The topological polar surface area (TPSA) is 54.0 Å². The Labute approximate surface area is 108 Å². The molecule has 1 fully saturated rings. The second-order valence-corrected chi connectivity index (χ2v) is 4.84. The number of aryl methyl sites for hydroxylation is 1. The first-order valence-corrected chi connectivity index (χ1v) is 6.72. The number of nitrogens with one attached hydrogen (secondary N) is 2. The summed E-state index contributed by atoms with van der Waals surface area (Å²) in [5.41, 5.74) is 0.979. The first-order chi connectivity index (χ1) is 8.84. The molecule has 0 radical (unpaired) electrons. The van der Waals surface area contributed by atoms with Gasteiger partial charge in [0.2, 0.25) is 5.91 Å². The SMILES string of the molecule is O=C(CCc1ccccn1)NCC1CCCNC1. The third kappa shape index (κ3) is 4.45. The van der Waals surface area contributed by atoms with Crippen LogP contribution in [0.3, 0.4) is 0 Å². The summed E-state index contributed by atoms with van der Waals surface area (Å²) >= 11 is 0. The highest BCUT2D eigenvalue weighted by atomic mass is 16.1. The van der Waals surface area contributed by atoms with Crippen molar-refractivity contribution >= 4 is 5.91 Å². The highest BCUT2D eigenvalue weighted by Crippen LogP contribution is 2.08. The smallest absolute Gasteiger partial charge is 0.220 e. The lowest BCUT2D eigenvalue weighted by atomic mass is 10.00. The zero-order valence-corrected chi connectivity index (χ0v) is 10.7. The van der Waals surface area contributed by atoms with Gasteiger partial charge in [-0.2, -0.15) is 0 Å². The Morgan fingerprint density at radius 3 is 3.17 bits per heavy atom. The number of nitrogens with zero attached hydrogens (tertiary/aromatic N) is 1. The Kier molecular flexibility index (Phi) is 5.15. The van der Waals surface area contributed by atoms with E-state index in [-0.39, 0.29) is 5.91 Å². The van der Waals surface area contributed by atoms with E-state index in [0.717, 1.165) is 31.7 Å². The maximum Gasteiger partial charge on any atom is 0.220 e. The zero-order valence-electron chi connectivity index (χ0n) is 10.7. The summed E-state index contributed by atoms with van der Waals surface area (Å²) in [7, 11) is 0. The first-order valence-electron chi connectivity index (χ1n) is 6.72. The van der Waals surface area contributed by atoms with E-state index in [9.17, 15) is 4.79 Å². The molecule has 0 bridgehead atoms. The highest BCUT2D eigenvalue weighted by molar-refractivity contribution is 5.76. The van der Waals surface area contributed by atoms with Crippen molar-refractivity contribution in [3.63, 3.8) is 0 Å². The molecular formula is C14H21N3O. The predicted octanol–water partition coefficient (Wildman–Crippen LogP) is 1.13.